The summed E-state index contributed by atoms with van der Waals surface area (Å²) in [6.07, 6.45) is 4.49. The molecule has 1 aliphatic heterocycles. The lowest BCUT2D eigenvalue weighted by Gasteiger charge is -2.31. The first kappa shape index (κ1) is 21.5. The minimum Gasteiger partial charge on any atom is -0.493 e. The van der Waals surface area contributed by atoms with Crippen LogP contribution in [-0.2, 0) is 31.3 Å². The average molecular weight is 431 g/mol. The maximum atomic E-state index is 13.3. The van der Waals surface area contributed by atoms with Gasteiger partial charge in [0.25, 0.3) is 0 Å². The van der Waals surface area contributed by atoms with Gasteiger partial charge in [0.05, 0.1) is 25.1 Å². The number of aryl methyl sites for hydroxylation is 2. The van der Waals surface area contributed by atoms with Gasteiger partial charge in [-0.05, 0) is 25.1 Å². The fourth-order valence-electron chi connectivity index (χ4n) is 3.71. The second-order valence-electron chi connectivity index (χ2n) is 7.66. The zero-order valence-electron chi connectivity index (χ0n) is 17.8. The normalized spacial score (nSPS) is 17.2. The van der Waals surface area contributed by atoms with E-state index in [1.54, 1.807) is 0 Å². The summed E-state index contributed by atoms with van der Waals surface area (Å²) >= 11 is 0. The lowest BCUT2D eigenvalue weighted by atomic mass is 10.1. The third-order valence-electron chi connectivity index (χ3n) is 5.41. The van der Waals surface area contributed by atoms with Gasteiger partial charge in [0, 0.05) is 63.2 Å². The molecule has 0 aliphatic carbocycles. The van der Waals surface area contributed by atoms with Crippen LogP contribution in [0.1, 0.15) is 30.0 Å². The highest BCUT2D eigenvalue weighted by Crippen LogP contribution is 2.23. The van der Waals surface area contributed by atoms with Gasteiger partial charge < -0.3 is 9.47 Å². The molecule has 31 heavy (non-hydrogen) atoms. The van der Waals surface area contributed by atoms with Crippen LogP contribution in [0.4, 0.5) is 8.78 Å². The molecule has 1 unspecified atom stereocenters. The summed E-state index contributed by atoms with van der Waals surface area (Å²) in [5.74, 6) is -1.50. The van der Waals surface area contributed by atoms with E-state index in [0.29, 0.717) is 25.4 Å². The van der Waals surface area contributed by atoms with Crippen LogP contribution in [0, 0.1) is 11.6 Å². The maximum absolute atomic E-state index is 13.3. The Balaban J connectivity index is 1.33. The molecule has 1 aromatic carbocycles. The van der Waals surface area contributed by atoms with Crippen LogP contribution in [0.3, 0.4) is 0 Å². The Morgan fingerprint density at radius 3 is 2.87 bits per heavy atom. The summed E-state index contributed by atoms with van der Waals surface area (Å²) in [5.41, 5.74) is 3.07. The van der Waals surface area contributed by atoms with E-state index < -0.39 is 11.6 Å². The van der Waals surface area contributed by atoms with E-state index in [-0.39, 0.29) is 6.10 Å². The molecule has 166 valence electrons. The fraction of sp³-hybridized carbons (Fsp3) is 0.455. The van der Waals surface area contributed by atoms with Crippen molar-refractivity contribution in [3.8, 4) is 5.75 Å². The molecule has 1 atom stereocenters. The Labute approximate surface area is 180 Å². The van der Waals surface area contributed by atoms with Crippen molar-refractivity contribution >= 4 is 0 Å². The molecule has 0 N–H and O–H groups in total. The number of hydrogen-bond donors (Lipinski definition) is 0. The smallest absolute Gasteiger partial charge is 0.162 e. The predicted molar refractivity (Wildman–Crippen MR) is 111 cm³/mol. The predicted octanol–water partition coefficient (Wildman–Crippen LogP) is 3.11. The van der Waals surface area contributed by atoms with Crippen molar-refractivity contribution in [2.75, 3.05) is 26.3 Å². The van der Waals surface area contributed by atoms with E-state index in [4.69, 9.17) is 9.47 Å². The second kappa shape index (κ2) is 9.57. The van der Waals surface area contributed by atoms with E-state index in [9.17, 15) is 8.78 Å². The number of aromatic nitrogens is 4. The van der Waals surface area contributed by atoms with Gasteiger partial charge in [-0.25, -0.2) is 8.78 Å². The monoisotopic (exact) mass is 431 g/mol. The molecule has 2 aromatic heterocycles. The van der Waals surface area contributed by atoms with E-state index in [0.717, 1.165) is 49.7 Å². The zero-order chi connectivity index (χ0) is 21.8. The van der Waals surface area contributed by atoms with Crippen molar-refractivity contribution in [1.29, 1.82) is 0 Å². The minimum atomic E-state index is -0.915. The first-order valence-electron chi connectivity index (χ1n) is 10.5. The third-order valence-corrected chi connectivity index (χ3v) is 5.41. The molecule has 1 saturated heterocycles. The number of nitrogens with zero attached hydrogens (tertiary/aromatic N) is 5. The van der Waals surface area contributed by atoms with Gasteiger partial charge in [-0.2, -0.15) is 10.2 Å². The fourth-order valence-corrected chi connectivity index (χ4v) is 3.71. The Morgan fingerprint density at radius 1 is 1.23 bits per heavy atom. The van der Waals surface area contributed by atoms with Gasteiger partial charge in [-0.15, -0.1) is 0 Å². The lowest BCUT2D eigenvalue weighted by molar-refractivity contribution is -0.0352. The molecule has 7 nitrogen and oxygen atoms in total. The van der Waals surface area contributed by atoms with Crippen LogP contribution >= 0.6 is 0 Å². The van der Waals surface area contributed by atoms with Crippen molar-refractivity contribution in [1.82, 2.24) is 24.5 Å². The van der Waals surface area contributed by atoms with Gasteiger partial charge in [-0.3, -0.25) is 14.3 Å². The molecule has 1 aliphatic rings. The summed E-state index contributed by atoms with van der Waals surface area (Å²) in [7, 11) is 1.89. The quantitative estimate of drug-likeness (QED) is 0.549. The van der Waals surface area contributed by atoms with Gasteiger partial charge in [-0.1, -0.05) is 0 Å². The molecule has 9 heteroatoms. The topological polar surface area (TPSA) is 57.3 Å². The Hall–Kier alpha value is -2.78. The van der Waals surface area contributed by atoms with Gasteiger partial charge in [0.1, 0.15) is 11.9 Å². The van der Waals surface area contributed by atoms with Crippen LogP contribution in [0.2, 0.25) is 0 Å². The maximum Gasteiger partial charge on any atom is 0.162 e. The highest BCUT2D eigenvalue weighted by atomic mass is 19.2. The third kappa shape index (κ3) is 5.29. The molecule has 4 rings (SSSR count). The highest BCUT2D eigenvalue weighted by molar-refractivity contribution is 5.23. The molecule has 0 saturated carbocycles. The molecule has 1 fully saturated rings. The summed E-state index contributed by atoms with van der Waals surface area (Å²) in [4.78, 5) is 2.35. The molecule has 3 aromatic rings. The molecule has 0 bridgehead atoms. The van der Waals surface area contributed by atoms with Crippen LogP contribution in [0.5, 0.6) is 5.75 Å². The van der Waals surface area contributed by atoms with Crippen molar-refractivity contribution in [2.45, 2.75) is 32.5 Å². The Kier molecular flexibility index (Phi) is 6.62. The van der Waals surface area contributed by atoms with Gasteiger partial charge in [0.15, 0.2) is 11.6 Å². The molecule has 3 heterocycles. The number of halogens is 2. The van der Waals surface area contributed by atoms with Crippen molar-refractivity contribution in [2.24, 2.45) is 7.05 Å². The SMILES string of the molecule is CCn1cc(CN2CCOC(c3cc(CCOc4ccc(F)c(F)c4)n(C)n3)C2)cn1. The second-order valence-corrected chi connectivity index (χ2v) is 7.66. The number of hydrogen-bond acceptors (Lipinski definition) is 5. The first-order valence-corrected chi connectivity index (χ1v) is 10.5. The summed E-state index contributed by atoms with van der Waals surface area (Å²) in [6, 6.07) is 5.56. The molecule has 0 spiro atoms. The average Bonchev–Trinajstić information content (AvgIpc) is 3.37. The van der Waals surface area contributed by atoms with Gasteiger partial charge in [0.2, 0.25) is 0 Å². The number of ether oxygens (including phenoxy) is 2. The number of benzene rings is 1. The zero-order valence-corrected chi connectivity index (χ0v) is 17.8. The van der Waals surface area contributed by atoms with E-state index >= 15 is 0 Å². The van der Waals surface area contributed by atoms with Crippen LogP contribution in [-0.4, -0.2) is 50.8 Å². The summed E-state index contributed by atoms with van der Waals surface area (Å²) in [6.45, 7) is 6.39. The summed E-state index contributed by atoms with van der Waals surface area (Å²) < 4.78 is 41.6. The minimum absolute atomic E-state index is 0.0953. The van der Waals surface area contributed by atoms with E-state index in [1.165, 1.54) is 11.6 Å². The number of morpholine rings is 1. The molecular formula is C22H27F2N5O2. The van der Waals surface area contributed by atoms with Crippen LogP contribution < -0.4 is 4.74 Å². The van der Waals surface area contributed by atoms with Crippen molar-refractivity contribution in [3.63, 3.8) is 0 Å². The molecule has 0 amide bonds. The Bertz CT molecular complexity index is 1020. The van der Waals surface area contributed by atoms with Crippen LogP contribution in [0.15, 0.2) is 36.7 Å². The van der Waals surface area contributed by atoms with Crippen molar-refractivity contribution < 1.29 is 18.3 Å². The molecule has 0 radical (unpaired) electrons. The highest BCUT2D eigenvalue weighted by Gasteiger charge is 2.25. The standard InChI is InChI=1S/C22H27F2N5O2/c1-3-29-14-16(12-25-29)13-28-7-9-31-22(15-28)21-10-17(27(2)26-21)6-8-30-18-4-5-19(23)20(24)11-18/h4-5,10-12,14,22H,3,6-9,13,15H2,1-2H3. The van der Waals surface area contributed by atoms with E-state index in [1.807, 2.05) is 28.7 Å². The van der Waals surface area contributed by atoms with E-state index in [2.05, 4.69) is 28.2 Å². The van der Waals surface area contributed by atoms with Crippen molar-refractivity contribution in [3.05, 3.63) is 65.2 Å². The largest absolute Gasteiger partial charge is 0.493 e. The van der Waals surface area contributed by atoms with Gasteiger partial charge >= 0.3 is 0 Å². The van der Waals surface area contributed by atoms with Crippen LogP contribution in [0.25, 0.3) is 0 Å². The lowest BCUT2D eigenvalue weighted by Crippen LogP contribution is -2.37. The Morgan fingerprint density at radius 2 is 2.10 bits per heavy atom. The molecular weight excluding hydrogens is 404 g/mol. The number of rotatable bonds is 8. The summed E-state index contributed by atoms with van der Waals surface area (Å²) in [5, 5.41) is 8.97. The first-order chi connectivity index (χ1) is 15.0.